The van der Waals surface area contributed by atoms with Gasteiger partial charge in [-0.15, -0.1) is 5.92 Å². The molecule has 232 valence electrons. The molecule has 6 atom stereocenters. The zero-order valence-corrected chi connectivity index (χ0v) is 25.5. The third-order valence-electron chi connectivity index (χ3n) is 10.1. The van der Waals surface area contributed by atoms with Crippen molar-refractivity contribution in [1.29, 1.82) is 0 Å². The Balaban J connectivity index is 1.19. The van der Waals surface area contributed by atoms with E-state index in [0.717, 1.165) is 62.6 Å². The molecule has 1 aliphatic heterocycles. The minimum absolute atomic E-state index is 0.0767. The highest BCUT2D eigenvalue weighted by atomic mass is 16.5. The molecular weight excluding hydrogens is 538 g/mol. The third kappa shape index (κ3) is 7.99. The number of H-pyrrole nitrogens is 1. The first-order valence-corrected chi connectivity index (χ1v) is 16.2. The SMILES string of the molecule is CCC12C#CCC(C(O)CCc3ccc(O)c(OCCC(Cc4ccc[nH]4)C4=CCNC(N)=C4)c3)C(O)C(CCC1)CC2. The second-order valence-electron chi connectivity index (χ2n) is 12.8. The predicted molar refractivity (Wildman–Crippen MR) is 170 cm³/mol. The molecule has 1 fully saturated rings. The molecule has 3 aliphatic rings. The van der Waals surface area contributed by atoms with Crippen LogP contribution in [0.1, 0.15) is 76.0 Å². The van der Waals surface area contributed by atoms with E-state index in [1.807, 2.05) is 30.5 Å². The van der Waals surface area contributed by atoms with Gasteiger partial charge in [-0.2, -0.15) is 0 Å². The number of aromatic hydroxyl groups is 1. The monoisotopic (exact) mass is 587 g/mol. The van der Waals surface area contributed by atoms with Gasteiger partial charge in [-0.25, -0.2) is 0 Å². The number of fused-ring (bicyclic) bond motifs is 3. The maximum Gasteiger partial charge on any atom is 0.161 e. The van der Waals surface area contributed by atoms with Crippen LogP contribution in [0.2, 0.25) is 0 Å². The number of dihydropyridines is 1. The number of nitrogens with two attached hydrogens (primary N) is 1. The van der Waals surface area contributed by atoms with Gasteiger partial charge in [-0.1, -0.05) is 31.4 Å². The minimum atomic E-state index is -0.647. The van der Waals surface area contributed by atoms with Crippen molar-refractivity contribution >= 4 is 0 Å². The van der Waals surface area contributed by atoms with Crippen molar-refractivity contribution in [1.82, 2.24) is 10.3 Å². The van der Waals surface area contributed by atoms with Crippen LogP contribution in [0.15, 0.2) is 60.1 Å². The predicted octanol–water partition coefficient (Wildman–Crippen LogP) is 5.33. The standard InChI is InChI=1S/C36H49N3O4/c1-2-36-16-3-6-26(13-18-36)35(42)30(8-4-17-36)31(40)11-9-25-10-12-32(41)33(22-25)43-21-15-28(23-29-7-5-19-38-29)27-14-20-39-34(37)24-27/h5,7,10,12,14,19,22,24,26,28,30-31,35,38-42H,2-3,6,8-9,11,13,15-16,18,20-21,23,37H2,1H3. The average molecular weight is 588 g/mol. The van der Waals surface area contributed by atoms with Crippen LogP contribution in [-0.4, -0.2) is 45.7 Å². The molecule has 1 aromatic heterocycles. The second-order valence-corrected chi connectivity index (χ2v) is 12.8. The van der Waals surface area contributed by atoms with Crippen LogP contribution in [0.25, 0.3) is 0 Å². The van der Waals surface area contributed by atoms with Crippen LogP contribution in [0, 0.1) is 35.0 Å². The Bertz CT molecular complexity index is 1320. The molecular formula is C36H49N3O4. The van der Waals surface area contributed by atoms with Gasteiger partial charge in [-0.3, -0.25) is 0 Å². The molecule has 7 nitrogen and oxygen atoms in total. The minimum Gasteiger partial charge on any atom is -0.504 e. The summed E-state index contributed by atoms with van der Waals surface area (Å²) in [5.41, 5.74) is 9.45. The van der Waals surface area contributed by atoms with Crippen molar-refractivity contribution in [2.24, 2.45) is 28.9 Å². The summed E-state index contributed by atoms with van der Waals surface area (Å²) in [6.45, 7) is 3.38. The Hall–Kier alpha value is -3.34. The number of nitrogens with one attached hydrogen (secondary N) is 2. The zero-order chi connectivity index (χ0) is 30.2. The number of aliphatic hydroxyl groups excluding tert-OH is 2. The third-order valence-corrected chi connectivity index (χ3v) is 10.1. The van der Waals surface area contributed by atoms with E-state index in [-0.39, 0.29) is 28.9 Å². The number of phenolic OH excluding ortho intramolecular Hbond substituents is 1. The molecule has 0 saturated heterocycles. The summed E-state index contributed by atoms with van der Waals surface area (Å²) in [7, 11) is 0. The van der Waals surface area contributed by atoms with Crippen LogP contribution >= 0.6 is 0 Å². The van der Waals surface area contributed by atoms with Crippen LogP contribution in [0.5, 0.6) is 11.5 Å². The smallest absolute Gasteiger partial charge is 0.161 e. The van der Waals surface area contributed by atoms with Crippen molar-refractivity contribution in [3.8, 4) is 23.3 Å². The van der Waals surface area contributed by atoms with E-state index in [4.69, 9.17) is 10.5 Å². The molecule has 43 heavy (non-hydrogen) atoms. The van der Waals surface area contributed by atoms with E-state index >= 15 is 0 Å². The van der Waals surface area contributed by atoms with Gasteiger partial charge in [0.25, 0.3) is 0 Å². The lowest BCUT2D eigenvalue weighted by Crippen LogP contribution is -2.37. The highest BCUT2D eigenvalue weighted by molar-refractivity contribution is 5.42. The highest BCUT2D eigenvalue weighted by Gasteiger charge is 2.38. The van der Waals surface area contributed by atoms with Crippen LogP contribution in [-0.2, 0) is 12.8 Å². The molecule has 0 spiro atoms. The maximum atomic E-state index is 11.3. The van der Waals surface area contributed by atoms with Gasteiger partial charge in [0.2, 0.25) is 0 Å². The lowest BCUT2D eigenvalue weighted by Gasteiger charge is -2.31. The number of aromatic nitrogens is 1. The number of ether oxygens (including phenoxy) is 1. The summed E-state index contributed by atoms with van der Waals surface area (Å²) in [5, 5.41) is 36.3. The summed E-state index contributed by atoms with van der Waals surface area (Å²) < 4.78 is 6.12. The number of allylic oxidation sites excluding steroid dienone is 2. The molecule has 7 heteroatoms. The van der Waals surface area contributed by atoms with Crippen molar-refractivity contribution in [3.63, 3.8) is 0 Å². The van der Waals surface area contributed by atoms with Crippen LogP contribution in [0.3, 0.4) is 0 Å². The molecule has 7 N–H and O–H groups in total. The lowest BCUT2D eigenvalue weighted by atomic mass is 9.78. The first kappa shape index (κ1) is 31.1. The van der Waals surface area contributed by atoms with Crippen molar-refractivity contribution in [3.05, 3.63) is 71.3 Å². The number of hydrogen-bond acceptors (Lipinski definition) is 6. The zero-order valence-electron chi connectivity index (χ0n) is 25.5. The molecule has 0 radical (unpaired) electrons. The van der Waals surface area contributed by atoms with E-state index in [9.17, 15) is 15.3 Å². The number of aromatic amines is 1. The average Bonchev–Trinajstić information content (AvgIpc) is 3.45. The number of aryl methyl sites for hydroxylation is 1. The fourth-order valence-corrected chi connectivity index (χ4v) is 7.21. The summed E-state index contributed by atoms with van der Waals surface area (Å²) >= 11 is 0. The Morgan fingerprint density at radius 3 is 2.86 bits per heavy atom. The molecule has 2 aromatic rings. The Labute approximate surface area is 256 Å². The number of rotatable bonds is 12. The lowest BCUT2D eigenvalue weighted by molar-refractivity contribution is -0.0231. The summed E-state index contributed by atoms with van der Waals surface area (Å²) in [5.74, 6) is 8.37. The number of hydrogen-bond donors (Lipinski definition) is 6. The van der Waals surface area contributed by atoms with Crippen molar-refractivity contribution in [2.75, 3.05) is 13.2 Å². The van der Waals surface area contributed by atoms with Gasteiger partial charge in [0.1, 0.15) is 0 Å². The van der Waals surface area contributed by atoms with E-state index in [2.05, 4.69) is 41.2 Å². The molecule has 2 aliphatic carbocycles. The van der Waals surface area contributed by atoms with E-state index in [1.165, 1.54) is 5.57 Å². The molecule has 2 bridgehead atoms. The summed E-state index contributed by atoms with van der Waals surface area (Å²) in [6.07, 6.45) is 14.5. The van der Waals surface area contributed by atoms with Gasteiger partial charge >= 0.3 is 0 Å². The Morgan fingerprint density at radius 2 is 2.07 bits per heavy atom. The van der Waals surface area contributed by atoms with Gasteiger partial charge in [0.05, 0.1) is 24.6 Å². The Kier molecular flexibility index (Phi) is 10.4. The van der Waals surface area contributed by atoms with Crippen LogP contribution < -0.4 is 15.8 Å². The number of phenols is 1. The molecule has 1 aromatic carbocycles. The van der Waals surface area contributed by atoms with Crippen molar-refractivity contribution in [2.45, 2.75) is 89.8 Å². The highest BCUT2D eigenvalue weighted by Crippen LogP contribution is 2.43. The van der Waals surface area contributed by atoms with Gasteiger partial charge in [0.15, 0.2) is 11.5 Å². The molecule has 1 saturated carbocycles. The molecule has 5 rings (SSSR count). The summed E-state index contributed by atoms with van der Waals surface area (Å²) in [6, 6.07) is 9.51. The van der Waals surface area contributed by atoms with E-state index < -0.39 is 12.2 Å². The van der Waals surface area contributed by atoms with Gasteiger partial charge in [-0.05, 0) is 111 Å². The molecule has 6 unspecified atom stereocenters. The number of benzene rings is 1. The Morgan fingerprint density at radius 1 is 1.19 bits per heavy atom. The fraction of sp³-hybridized carbons (Fsp3) is 0.556. The van der Waals surface area contributed by atoms with E-state index in [1.54, 1.807) is 6.07 Å². The molecule has 0 amide bonds. The normalized spacial score (nSPS) is 26.7. The van der Waals surface area contributed by atoms with Crippen molar-refractivity contribution < 1.29 is 20.1 Å². The number of aliphatic hydroxyl groups is 2. The maximum absolute atomic E-state index is 11.3. The quantitative estimate of drug-likeness (QED) is 0.187. The largest absolute Gasteiger partial charge is 0.504 e. The van der Waals surface area contributed by atoms with Crippen LogP contribution in [0.4, 0.5) is 0 Å². The first-order chi connectivity index (χ1) is 20.9. The summed E-state index contributed by atoms with van der Waals surface area (Å²) in [4.78, 5) is 3.30. The topological polar surface area (TPSA) is 124 Å². The van der Waals surface area contributed by atoms with Gasteiger partial charge < -0.3 is 36.1 Å². The van der Waals surface area contributed by atoms with E-state index in [0.29, 0.717) is 44.0 Å². The molecule has 2 heterocycles. The fourth-order valence-electron chi connectivity index (χ4n) is 7.21. The van der Waals surface area contributed by atoms with Gasteiger partial charge in [0, 0.05) is 36.2 Å². The second kappa shape index (κ2) is 14.4. The first-order valence-electron chi connectivity index (χ1n) is 16.2.